The van der Waals surface area contributed by atoms with Crippen molar-refractivity contribution in [3.05, 3.63) is 16.6 Å². The average Bonchev–Trinajstić information content (AvgIpc) is 2.51. The SMILES string of the molecule is CN(CC(C)(C)O)C(=O)c1nccs1. The lowest BCUT2D eigenvalue weighted by Gasteiger charge is -2.24. The molecule has 0 atom stereocenters. The number of nitrogens with zero attached hydrogens (tertiary/aromatic N) is 2. The maximum absolute atomic E-state index is 11.6. The molecular weight excluding hydrogens is 200 g/mol. The molecule has 1 amide bonds. The molecule has 0 aliphatic rings. The van der Waals surface area contributed by atoms with Gasteiger partial charge in [-0.25, -0.2) is 4.98 Å². The molecule has 78 valence electrons. The maximum atomic E-state index is 11.6. The molecule has 0 saturated heterocycles. The first kappa shape index (κ1) is 11.1. The van der Waals surface area contributed by atoms with Crippen molar-refractivity contribution >= 4 is 17.2 Å². The zero-order chi connectivity index (χ0) is 10.8. The van der Waals surface area contributed by atoms with Gasteiger partial charge in [-0.2, -0.15) is 0 Å². The number of hydrogen-bond acceptors (Lipinski definition) is 4. The third-order valence-electron chi connectivity index (χ3n) is 1.59. The van der Waals surface area contributed by atoms with Crippen LogP contribution in [0.4, 0.5) is 0 Å². The fourth-order valence-electron chi connectivity index (χ4n) is 1.14. The summed E-state index contributed by atoms with van der Waals surface area (Å²) in [7, 11) is 1.65. The van der Waals surface area contributed by atoms with Crippen LogP contribution >= 0.6 is 11.3 Å². The molecule has 0 bridgehead atoms. The van der Waals surface area contributed by atoms with Crippen molar-refractivity contribution in [1.82, 2.24) is 9.88 Å². The number of rotatable bonds is 3. The summed E-state index contributed by atoms with van der Waals surface area (Å²) in [6.07, 6.45) is 1.59. The summed E-state index contributed by atoms with van der Waals surface area (Å²) in [5.74, 6) is -0.151. The number of likely N-dealkylation sites (N-methyl/N-ethyl adjacent to an activating group) is 1. The number of aliphatic hydroxyl groups is 1. The molecule has 0 fully saturated rings. The summed E-state index contributed by atoms with van der Waals surface area (Å²) < 4.78 is 0. The van der Waals surface area contributed by atoms with E-state index in [1.54, 1.807) is 32.5 Å². The molecule has 0 aliphatic heterocycles. The smallest absolute Gasteiger partial charge is 0.282 e. The van der Waals surface area contributed by atoms with Gasteiger partial charge in [-0.3, -0.25) is 4.79 Å². The number of thiazole rings is 1. The van der Waals surface area contributed by atoms with Crippen LogP contribution in [0.2, 0.25) is 0 Å². The highest BCUT2D eigenvalue weighted by molar-refractivity contribution is 7.11. The van der Waals surface area contributed by atoms with Crippen LogP contribution in [-0.4, -0.2) is 40.1 Å². The fourth-order valence-corrected chi connectivity index (χ4v) is 1.77. The van der Waals surface area contributed by atoms with E-state index in [0.717, 1.165) is 0 Å². The van der Waals surface area contributed by atoms with Crippen LogP contribution in [0.5, 0.6) is 0 Å². The molecule has 14 heavy (non-hydrogen) atoms. The molecule has 0 radical (unpaired) electrons. The van der Waals surface area contributed by atoms with Gasteiger partial charge in [0.05, 0.1) is 5.60 Å². The van der Waals surface area contributed by atoms with E-state index >= 15 is 0 Å². The summed E-state index contributed by atoms with van der Waals surface area (Å²) in [5, 5.41) is 11.7. The van der Waals surface area contributed by atoms with Gasteiger partial charge in [-0.05, 0) is 13.8 Å². The van der Waals surface area contributed by atoms with E-state index in [2.05, 4.69) is 4.98 Å². The predicted octanol–water partition coefficient (Wildman–Crippen LogP) is 0.986. The van der Waals surface area contributed by atoms with Gasteiger partial charge in [0.15, 0.2) is 5.01 Å². The highest BCUT2D eigenvalue weighted by Gasteiger charge is 2.21. The molecule has 1 heterocycles. The number of amides is 1. The monoisotopic (exact) mass is 214 g/mol. The van der Waals surface area contributed by atoms with Crippen LogP contribution in [0.25, 0.3) is 0 Å². The van der Waals surface area contributed by atoms with E-state index in [1.807, 2.05) is 0 Å². The minimum Gasteiger partial charge on any atom is -0.389 e. The largest absolute Gasteiger partial charge is 0.389 e. The molecule has 0 aliphatic carbocycles. The molecular formula is C9H14N2O2S. The van der Waals surface area contributed by atoms with Gasteiger partial charge in [0.25, 0.3) is 5.91 Å². The van der Waals surface area contributed by atoms with E-state index in [4.69, 9.17) is 0 Å². The normalized spacial score (nSPS) is 11.4. The topological polar surface area (TPSA) is 53.4 Å². The second kappa shape index (κ2) is 4.06. The Hall–Kier alpha value is -0.940. The number of aromatic nitrogens is 1. The van der Waals surface area contributed by atoms with Crippen molar-refractivity contribution < 1.29 is 9.90 Å². The minimum absolute atomic E-state index is 0.151. The Morgan fingerprint density at radius 3 is 2.79 bits per heavy atom. The number of carbonyl (C=O) groups excluding carboxylic acids is 1. The molecule has 1 aromatic heterocycles. The lowest BCUT2D eigenvalue weighted by atomic mass is 10.1. The third-order valence-corrected chi connectivity index (χ3v) is 2.35. The van der Waals surface area contributed by atoms with Gasteiger partial charge < -0.3 is 10.0 Å². The Labute approximate surface area is 87.2 Å². The maximum Gasteiger partial charge on any atom is 0.282 e. The molecule has 1 rings (SSSR count). The Morgan fingerprint density at radius 2 is 2.36 bits per heavy atom. The Balaban J connectivity index is 2.63. The van der Waals surface area contributed by atoms with Gasteiger partial charge in [-0.15, -0.1) is 11.3 Å². The summed E-state index contributed by atoms with van der Waals surface area (Å²) in [4.78, 5) is 17.0. The minimum atomic E-state index is -0.873. The Morgan fingerprint density at radius 1 is 1.71 bits per heavy atom. The molecule has 1 aromatic rings. The van der Waals surface area contributed by atoms with Gasteiger partial charge in [0.2, 0.25) is 0 Å². The second-order valence-electron chi connectivity index (χ2n) is 3.81. The van der Waals surface area contributed by atoms with E-state index < -0.39 is 5.60 Å². The highest BCUT2D eigenvalue weighted by atomic mass is 32.1. The first-order valence-corrected chi connectivity index (χ1v) is 5.15. The van der Waals surface area contributed by atoms with Crippen molar-refractivity contribution in [2.45, 2.75) is 19.4 Å². The molecule has 5 heteroatoms. The fraction of sp³-hybridized carbons (Fsp3) is 0.556. The molecule has 1 N–H and O–H groups in total. The van der Waals surface area contributed by atoms with Crippen molar-refractivity contribution in [3.63, 3.8) is 0 Å². The van der Waals surface area contributed by atoms with Crippen LogP contribution in [0, 0.1) is 0 Å². The van der Waals surface area contributed by atoms with Crippen molar-refractivity contribution in [1.29, 1.82) is 0 Å². The van der Waals surface area contributed by atoms with Crippen LogP contribution < -0.4 is 0 Å². The third kappa shape index (κ3) is 3.08. The lowest BCUT2D eigenvalue weighted by Crippen LogP contribution is -2.39. The zero-order valence-corrected chi connectivity index (χ0v) is 9.34. The summed E-state index contributed by atoms with van der Waals surface area (Å²) >= 11 is 1.30. The van der Waals surface area contributed by atoms with Crippen molar-refractivity contribution in [2.24, 2.45) is 0 Å². The van der Waals surface area contributed by atoms with Crippen molar-refractivity contribution in [2.75, 3.05) is 13.6 Å². The standard InChI is InChI=1S/C9H14N2O2S/c1-9(2,13)6-11(3)8(12)7-10-4-5-14-7/h4-5,13H,6H2,1-3H3. The quantitative estimate of drug-likeness (QED) is 0.816. The second-order valence-corrected chi connectivity index (χ2v) is 4.71. The van der Waals surface area contributed by atoms with E-state index in [9.17, 15) is 9.90 Å². The van der Waals surface area contributed by atoms with Crippen LogP contribution in [0.3, 0.4) is 0 Å². The summed E-state index contributed by atoms with van der Waals surface area (Å²) in [5.41, 5.74) is -0.873. The van der Waals surface area contributed by atoms with Crippen LogP contribution in [0.15, 0.2) is 11.6 Å². The summed E-state index contributed by atoms with van der Waals surface area (Å²) in [6, 6.07) is 0. The Bertz CT molecular complexity index is 303. The van der Waals surface area contributed by atoms with E-state index in [-0.39, 0.29) is 5.91 Å². The molecule has 0 saturated carbocycles. The first-order valence-electron chi connectivity index (χ1n) is 4.27. The zero-order valence-electron chi connectivity index (χ0n) is 8.52. The first-order chi connectivity index (χ1) is 6.40. The number of carbonyl (C=O) groups is 1. The predicted molar refractivity (Wildman–Crippen MR) is 55.4 cm³/mol. The molecule has 0 unspecified atom stereocenters. The molecule has 0 aromatic carbocycles. The molecule has 0 spiro atoms. The van der Waals surface area contributed by atoms with Crippen molar-refractivity contribution in [3.8, 4) is 0 Å². The highest BCUT2D eigenvalue weighted by Crippen LogP contribution is 2.10. The Kier molecular flexibility index (Phi) is 3.23. The van der Waals surface area contributed by atoms with E-state index in [0.29, 0.717) is 11.6 Å². The van der Waals surface area contributed by atoms with Crippen LogP contribution in [0.1, 0.15) is 23.6 Å². The van der Waals surface area contributed by atoms with E-state index in [1.165, 1.54) is 16.2 Å². The lowest BCUT2D eigenvalue weighted by molar-refractivity contribution is 0.0367. The van der Waals surface area contributed by atoms with Gasteiger partial charge >= 0.3 is 0 Å². The summed E-state index contributed by atoms with van der Waals surface area (Å²) in [6.45, 7) is 3.63. The van der Waals surface area contributed by atoms with Gasteiger partial charge in [0, 0.05) is 25.2 Å². The average molecular weight is 214 g/mol. The van der Waals surface area contributed by atoms with Gasteiger partial charge in [-0.1, -0.05) is 0 Å². The van der Waals surface area contributed by atoms with Gasteiger partial charge in [0.1, 0.15) is 0 Å². The number of hydrogen-bond donors (Lipinski definition) is 1. The molecule has 4 nitrogen and oxygen atoms in total. The van der Waals surface area contributed by atoms with Crippen LogP contribution in [-0.2, 0) is 0 Å².